The van der Waals surface area contributed by atoms with Crippen molar-refractivity contribution >= 4 is 34.8 Å². The van der Waals surface area contributed by atoms with Crippen LogP contribution in [-0.2, 0) is 12.7 Å². The zero-order chi connectivity index (χ0) is 28.9. The highest BCUT2D eigenvalue weighted by Crippen LogP contribution is 2.33. The Bertz CT molecular complexity index is 1280. The number of hydrogen-bond donors (Lipinski definition) is 1. The Kier molecular flexibility index (Phi) is 9.92. The summed E-state index contributed by atoms with van der Waals surface area (Å²) in [6, 6.07) is 11.7. The van der Waals surface area contributed by atoms with Crippen molar-refractivity contribution in [3.8, 4) is 0 Å². The van der Waals surface area contributed by atoms with E-state index in [1.54, 1.807) is 6.07 Å². The Morgan fingerprint density at radius 2 is 1.75 bits per heavy atom. The van der Waals surface area contributed by atoms with Crippen LogP contribution in [0, 0.1) is 5.82 Å². The minimum absolute atomic E-state index is 0.0686. The van der Waals surface area contributed by atoms with E-state index >= 15 is 0 Å². The molecule has 2 aromatic carbocycles. The van der Waals surface area contributed by atoms with Gasteiger partial charge in [0, 0.05) is 56.3 Å². The summed E-state index contributed by atoms with van der Waals surface area (Å²) in [6.07, 6.45) is 0.617. The number of benzene rings is 2. The van der Waals surface area contributed by atoms with Gasteiger partial charge in [-0.15, -0.1) is 0 Å². The van der Waals surface area contributed by atoms with Gasteiger partial charge in [0.2, 0.25) is 0 Å². The number of hydrogen-bond acceptors (Lipinski definition) is 4. The first kappa shape index (κ1) is 30.1. The van der Waals surface area contributed by atoms with Crippen molar-refractivity contribution in [1.29, 1.82) is 0 Å². The number of likely N-dealkylation sites (tertiary alicyclic amines) is 1. The van der Waals surface area contributed by atoms with Gasteiger partial charge in [-0.05, 0) is 68.1 Å². The predicted octanol–water partition coefficient (Wildman–Crippen LogP) is 7.23. The maximum absolute atomic E-state index is 13.9. The molecule has 1 aromatic heterocycles. The fourth-order valence-corrected chi connectivity index (χ4v) is 5.57. The van der Waals surface area contributed by atoms with Crippen LogP contribution in [0.3, 0.4) is 0 Å². The number of nitrogens with zero attached hydrogens (tertiary/aromatic N) is 3. The van der Waals surface area contributed by atoms with Crippen molar-refractivity contribution in [2.75, 3.05) is 24.5 Å². The molecule has 0 spiro atoms. The molecule has 1 aliphatic heterocycles. The second-order valence-electron chi connectivity index (χ2n) is 9.94. The molecular formula is C29H30Cl2F4N4O. The molecule has 0 saturated carbocycles. The number of anilines is 1. The quantitative estimate of drug-likeness (QED) is 0.265. The Balaban J connectivity index is 1.37. The van der Waals surface area contributed by atoms with Crippen molar-refractivity contribution in [3.05, 3.63) is 93.5 Å². The van der Waals surface area contributed by atoms with Gasteiger partial charge in [-0.1, -0.05) is 35.3 Å². The molecule has 1 N–H and O–H groups in total. The lowest BCUT2D eigenvalue weighted by Gasteiger charge is -2.42. The molecule has 3 aromatic rings. The number of amides is 1. The van der Waals surface area contributed by atoms with Crippen LogP contribution in [0.15, 0.2) is 60.9 Å². The molecule has 5 nitrogen and oxygen atoms in total. The second kappa shape index (κ2) is 13.2. The first-order valence-electron chi connectivity index (χ1n) is 13.0. The molecule has 214 valence electrons. The number of nitrogens with one attached hydrogen (secondary N) is 1. The molecule has 1 saturated heterocycles. The molecule has 4 rings (SSSR count). The van der Waals surface area contributed by atoms with Crippen molar-refractivity contribution in [1.82, 2.24) is 15.2 Å². The third-order valence-electron chi connectivity index (χ3n) is 7.26. The largest absolute Gasteiger partial charge is 0.416 e. The summed E-state index contributed by atoms with van der Waals surface area (Å²) in [5, 5.41) is 3.25. The summed E-state index contributed by atoms with van der Waals surface area (Å²) in [6.45, 7) is 4.48. The maximum atomic E-state index is 13.9. The summed E-state index contributed by atoms with van der Waals surface area (Å²) >= 11 is 12.1. The molecule has 1 unspecified atom stereocenters. The van der Waals surface area contributed by atoms with Gasteiger partial charge in [-0.25, -0.2) is 4.39 Å². The normalized spacial score (nSPS) is 15.6. The summed E-state index contributed by atoms with van der Waals surface area (Å²) in [4.78, 5) is 20.8. The first-order valence-corrected chi connectivity index (χ1v) is 13.8. The van der Waals surface area contributed by atoms with E-state index in [1.807, 2.05) is 6.07 Å². The van der Waals surface area contributed by atoms with E-state index in [1.165, 1.54) is 36.7 Å². The molecule has 0 aliphatic carbocycles. The lowest BCUT2D eigenvalue weighted by atomic mass is 9.99. The highest BCUT2D eigenvalue weighted by atomic mass is 35.5. The molecular weight excluding hydrogens is 567 g/mol. The number of carbonyl (C=O) groups excluding carboxylic acids is 1. The maximum Gasteiger partial charge on any atom is 0.416 e. The van der Waals surface area contributed by atoms with Gasteiger partial charge in [0.25, 0.3) is 5.91 Å². The number of rotatable bonds is 9. The third kappa shape index (κ3) is 7.65. The van der Waals surface area contributed by atoms with Crippen LogP contribution in [0.25, 0.3) is 0 Å². The van der Waals surface area contributed by atoms with Crippen LogP contribution in [0.2, 0.25) is 10.0 Å². The lowest BCUT2D eigenvalue weighted by molar-refractivity contribution is -0.137. The number of pyridine rings is 1. The van der Waals surface area contributed by atoms with Gasteiger partial charge in [0.05, 0.1) is 21.2 Å². The molecule has 1 fully saturated rings. The van der Waals surface area contributed by atoms with Crippen LogP contribution in [0.4, 0.5) is 23.2 Å². The summed E-state index contributed by atoms with van der Waals surface area (Å²) in [5.74, 6) is -0.707. The van der Waals surface area contributed by atoms with Crippen LogP contribution in [0.1, 0.15) is 47.7 Å². The first-order chi connectivity index (χ1) is 19.0. The van der Waals surface area contributed by atoms with Gasteiger partial charge in [0.15, 0.2) is 0 Å². The Hall–Kier alpha value is -2.88. The van der Waals surface area contributed by atoms with Crippen molar-refractivity contribution < 1.29 is 22.4 Å². The van der Waals surface area contributed by atoms with Gasteiger partial charge in [-0.3, -0.25) is 9.78 Å². The predicted molar refractivity (Wildman–Crippen MR) is 149 cm³/mol. The fraction of sp³-hybridized carbons (Fsp3) is 0.379. The molecule has 11 heteroatoms. The zero-order valence-electron chi connectivity index (χ0n) is 21.9. The standard InChI is InChI=1S/C29H30Cl2F4N4O/c1-19(9-12-37-28(40)27-25(30)16-36-17-26(27)31)38-13-10-24(11-14-38)39(18-20-3-2-4-22(32)15-20)23-7-5-21(6-8-23)29(33,34)35/h2-8,15-17,19,24H,9-14,18H2,1H3,(H,37,40). The van der Waals surface area contributed by atoms with E-state index in [4.69, 9.17) is 23.2 Å². The van der Waals surface area contributed by atoms with E-state index in [2.05, 4.69) is 27.0 Å². The monoisotopic (exact) mass is 596 g/mol. The molecule has 0 radical (unpaired) electrons. The van der Waals surface area contributed by atoms with Crippen LogP contribution in [-0.4, -0.2) is 47.5 Å². The van der Waals surface area contributed by atoms with Crippen molar-refractivity contribution in [3.63, 3.8) is 0 Å². The van der Waals surface area contributed by atoms with E-state index in [9.17, 15) is 22.4 Å². The second-order valence-corrected chi connectivity index (χ2v) is 10.8. The molecule has 1 atom stereocenters. The van der Waals surface area contributed by atoms with E-state index in [0.717, 1.165) is 43.6 Å². The SMILES string of the molecule is CC(CCNC(=O)c1c(Cl)cncc1Cl)N1CCC(N(Cc2cccc(F)c2)c2ccc(C(F)(F)F)cc2)CC1. The third-order valence-corrected chi connectivity index (χ3v) is 7.83. The number of alkyl halides is 3. The summed E-state index contributed by atoms with van der Waals surface area (Å²) in [5.41, 5.74) is 0.917. The van der Waals surface area contributed by atoms with E-state index < -0.39 is 11.7 Å². The number of halogens is 6. The lowest BCUT2D eigenvalue weighted by Crippen LogP contribution is -2.48. The van der Waals surface area contributed by atoms with Gasteiger partial charge in [0.1, 0.15) is 5.82 Å². The molecule has 2 heterocycles. The fourth-order valence-electron chi connectivity index (χ4n) is 5.04. The number of aromatic nitrogens is 1. The van der Waals surface area contributed by atoms with Gasteiger partial charge >= 0.3 is 6.18 Å². The zero-order valence-corrected chi connectivity index (χ0v) is 23.4. The molecule has 0 bridgehead atoms. The van der Waals surface area contributed by atoms with Crippen LogP contribution in [0.5, 0.6) is 0 Å². The summed E-state index contributed by atoms with van der Waals surface area (Å²) < 4.78 is 53.3. The highest BCUT2D eigenvalue weighted by Gasteiger charge is 2.31. The molecule has 1 aliphatic rings. The Labute approximate surface area is 241 Å². The van der Waals surface area contributed by atoms with E-state index in [0.29, 0.717) is 25.2 Å². The van der Waals surface area contributed by atoms with Crippen LogP contribution < -0.4 is 10.2 Å². The average molecular weight is 597 g/mol. The highest BCUT2D eigenvalue weighted by molar-refractivity contribution is 6.39. The van der Waals surface area contributed by atoms with Crippen LogP contribution >= 0.6 is 23.2 Å². The number of piperidine rings is 1. The smallest absolute Gasteiger partial charge is 0.364 e. The number of carbonyl (C=O) groups is 1. The Morgan fingerprint density at radius 1 is 1.10 bits per heavy atom. The molecule has 1 amide bonds. The minimum atomic E-state index is -4.41. The van der Waals surface area contributed by atoms with Gasteiger partial charge < -0.3 is 15.1 Å². The Morgan fingerprint density at radius 3 is 2.35 bits per heavy atom. The van der Waals surface area contributed by atoms with E-state index in [-0.39, 0.29) is 39.4 Å². The topological polar surface area (TPSA) is 48.5 Å². The average Bonchev–Trinajstić information content (AvgIpc) is 2.91. The van der Waals surface area contributed by atoms with Gasteiger partial charge in [-0.2, -0.15) is 13.2 Å². The summed E-state index contributed by atoms with van der Waals surface area (Å²) in [7, 11) is 0. The molecule has 40 heavy (non-hydrogen) atoms. The van der Waals surface area contributed by atoms with Crippen molar-refractivity contribution in [2.45, 2.75) is 51.0 Å². The minimum Gasteiger partial charge on any atom is -0.364 e. The van der Waals surface area contributed by atoms with Crippen molar-refractivity contribution in [2.24, 2.45) is 0 Å².